The van der Waals surface area contributed by atoms with Gasteiger partial charge in [-0.05, 0) is 55.7 Å². The number of benzene rings is 3. The highest BCUT2D eigenvalue weighted by atomic mass is 16.2. The van der Waals surface area contributed by atoms with Gasteiger partial charge in [-0.3, -0.25) is 15.0 Å². The van der Waals surface area contributed by atoms with E-state index in [4.69, 9.17) is 4.98 Å². The van der Waals surface area contributed by atoms with Crippen LogP contribution in [0.25, 0.3) is 22.3 Å². The number of para-hydroxylation sites is 1. The fourth-order valence-corrected chi connectivity index (χ4v) is 4.11. The van der Waals surface area contributed by atoms with Crippen LogP contribution in [-0.2, 0) is 0 Å². The summed E-state index contributed by atoms with van der Waals surface area (Å²) in [5, 5.41) is 0.538. The molecule has 1 fully saturated rings. The SMILES string of the molecule is O=C(c1ccc(Nn2c(-c3ccccc3)nc3ccccc3c2=O)cc1)N1CCCCC1. The third-order valence-electron chi connectivity index (χ3n) is 5.82. The van der Waals surface area contributed by atoms with E-state index in [1.54, 1.807) is 18.2 Å². The van der Waals surface area contributed by atoms with Gasteiger partial charge in [0.1, 0.15) is 0 Å². The molecule has 1 N–H and O–H groups in total. The third kappa shape index (κ3) is 3.87. The van der Waals surface area contributed by atoms with Crippen LogP contribution in [0.3, 0.4) is 0 Å². The summed E-state index contributed by atoms with van der Waals surface area (Å²) in [5.74, 6) is 0.591. The molecule has 6 heteroatoms. The quantitative estimate of drug-likeness (QED) is 0.521. The maximum absolute atomic E-state index is 13.3. The summed E-state index contributed by atoms with van der Waals surface area (Å²) in [7, 11) is 0. The number of nitrogens with one attached hydrogen (secondary N) is 1. The molecule has 0 spiro atoms. The van der Waals surface area contributed by atoms with Crippen LogP contribution in [0, 0.1) is 0 Å². The minimum Gasteiger partial charge on any atom is -0.339 e. The highest BCUT2D eigenvalue weighted by Crippen LogP contribution is 2.20. The van der Waals surface area contributed by atoms with E-state index >= 15 is 0 Å². The summed E-state index contributed by atoms with van der Waals surface area (Å²) in [4.78, 5) is 32.7. The molecule has 1 aliphatic rings. The molecule has 0 saturated carbocycles. The molecule has 0 unspecified atom stereocenters. The van der Waals surface area contributed by atoms with Gasteiger partial charge in [0.05, 0.1) is 16.6 Å². The average molecular weight is 425 g/mol. The van der Waals surface area contributed by atoms with Crippen LogP contribution in [-0.4, -0.2) is 33.6 Å². The summed E-state index contributed by atoms with van der Waals surface area (Å²) in [6.07, 6.45) is 3.31. The number of carbonyl (C=O) groups is 1. The van der Waals surface area contributed by atoms with Crippen molar-refractivity contribution in [3.05, 3.63) is 94.8 Å². The van der Waals surface area contributed by atoms with Gasteiger partial charge < -0.3 is 4.90 Å². The van der Waals surface area contributed by atoms with Crippen LogP contribution >= 0.6 is 0 Å². The van der Waals surface area contributed by atoms with Crippen molar-refractivity contribution < 1.29 is 4.79 Å². The highest BCUT2D eigenvalue weighted by molar-refractivity contribution is 5.94. The van der Waals surface area contributed by atoms with Crippen molar-refractivity contribution in [3.63, 3.8) is 0 Å². The lowest BCUT2D eigenvalue weighted by atomic mass is 10.1. The number of hydrogen-bond donors (Lipinski definition) is 1. The molecule has 0 aliphatic carbocycles. The van der Waals surface area contributed by atoms with E-state index in [-0.39, 0.29) is 11.5 Å². The Hall–Kier alpha value is -3.93. The maximum Gasteiger partial charge on any atom is 0.280 e. The highest BCUT2D eigenvalue weighted by Gasteiger charge is 2.18. The van der Waals surface area contributed by atoms with Crippen LogP contribution in [0.4, 0.5) is 5.69 Å². The van der Waals surface area contributed by atoms with Crippen molar-refractivity contribution in [1.29, 1.82) is 0 Å². The van der Waals surface area contributed by atoms with Gasteiger partial charge in [0.2, 0.25) is 0 Å². The fourth-order valence-electron chi connectivity index (χ4n) is 4.11. The zero-order valence-electron chi connectivity index (χ0n) is 17.7. The molecule has 1 amide bonds. The standard InChI is InChI=1S/C26H24N4O2/c31-25(29-17-7-2-8-18-29)20-13-15-21(16-14-20)28-30-24(19-9-3-1-4-10-19)27-23-12-6-5-11-22(23)26(30)32/h1,3-6,9-16,28H,2,7-8,17-18H2. The molecule has 1 saturated heterocycles. The molecule has 4 aromatic rings. The Morgan fingerprint density at radius 3 is 2.25 bits per heavy atom. The number of piperidine rings is 1. The second-order valence-corrected chi connectivity index (χ2v) is 8.00. The Kier molecular flexibility index (Phi) is 5.42. The number of aromatic nitrogens is 2. The molecule has 2 heterocycles. The number of nitrogens with zero attached hydrogens (tertiary/aromatic N) is 3. The van der Waals surface area contributed by atoms with Gasteiger partial charge in [-0.2, -0.15) is 0 Å². The van der Waals surface area contributed by atoms with Crippen LogP contribution in [0.1, 0.15) is 29.6 Å². The zero-order valence-corrected chi connectivity index (χ0v) is 17.7. The number of likely N-dealkylation sites (tertiary alicyclic amines) is 1. The molecule has 1 aliphatic heterocycles. The van der Waals surface area contributed by atoms with E-state index in [2.05, 4.69) is 5.43 Å². The molecule has 3 aromatic carbocycles. The molecular formula is C26H24N4O2. The van der Waals surface area contributed by atoms with E-state index in [1.165, 1.54) is 11.1 Å². The van der Waals surface area contributed by atoms with Crippen molar-refractivity contribution in [2.24, 2.45) is 0 Å². The third-order valence-corrected chi connectivity index (χ3v) is 5.82. The number of amides is 1. The Morgan fingerprint density at radius 1 is 0.812 bits per heavy atom. The number of anilines is 1. The topological polar surface area (TPSA) is 67.2 Å². The van der Waals surface area contributed by atoms with Gasteiger partial charge in [-0.25, -0.2) is 9.66 Å². The maximum atomic E-state index is 13.3. The fraction of sp³-hybridized carbons (Fsp3) is 0.192. The first-order valence-corrected chi connectivity index (χ1v) is 10.9. The molecule has 160 valence electrons. The predicted octanol–water partition coefficient (Wildman–Crippen LogP) is 4.56. The Balaban J connectivity index is 1.50. The smallest absolute Gasteiger partial charge is 0.280 e. The average Bonchev–Trinajstić information content (AvgIpc) is 2.87. The van der Waals surface area contributed by atoms with Crippen LogP contribution in [0.5, 0.6) is 0 Å². The normalized spacial score (nSPS) is 13.8. The number of hydrogen-bond acceptors (Lipinski definition) is 4. The zero-order chi connectivity index (χ0) is 21.9. The number of carbonyl (C=O) groups excluding carboxylic acids is 1. The minimum atomic E-state index is -0.178. The van der Waals surface area contributed by atoms with Gasteiger partial charge in [-0.15, -0.1) is 0 Å². The van der Waals surface area contributed by atoms with Crippen molar-refractivity contribution in [3.8, 4) is 11.4 Å². The first-order valence-electron chi connectivity index (χ1n) is 10.9. The summed E-state index contributed by atoms with van der Waals surface area (Å²) < 4.78 is 1.47. The van der Waals surface area contributed by atoms with Crippen molar-refractivity contribution in [2.45, 2.75) is 19.3 Å². The monoisotopic (exact) mass is 424 g/mol. The molecule has 1 aromatic heterocycles. The molecular weight excluding hydrogens is 400 g/mol. The Morgan fingerprint density at radius 2 is 1.50 bits per heavy atom. The molecule has 0 atom stereocenters. The largest absolute Gasteiger partial charge is 0.339 e. The molecule has 6 nitrogen and oxygen atoms in total. The molecule has 5 rings (SSSR count). The lowest BCUT2D eigenvalue weighted by Gasteiger charge is -2.26. The van der Waals surface area contributed by atoms with Gasteiger partial charge in [0, 0.05) is 24.2 Å². The van der Waals surface area contributed by atoms with Crippen LogP contribution in [0.15, 0.2) is 83.7 Å². The van der Waals surface area contributed by atoms with Crippen molar-refractivity contribution >= 4 is 22.5 Å². The number of fused-ring (bicyclic) bond motifs is 1. The van der Waals surface area contributed by atoms with E-state index in [0.717, 1.165) is 31.5 Å². The van der Waals surface area contributed by atoms with Gasteiger partial charge in [0.15, 0.2) is 5.82 Å². The van der Waals surface area contributed by atoms with E-state index < -0.39 is 0 Å². The van der Waals surface area contributed by atoms with E-state index in [9.17, 15) is 9.59 Å². The van der Waals surface area contributed by atoms with Crippen molar-refractivity contribution in [2.75, 3.05) is 18.5 Å². The predicted molar refractivity (Wildman–Crippen MR) is 127 cm³/mol. The van der Waals surface area contributed by atoms with Gasteiger partial charge in [0.25, 0.3) is 11.5 Å². The lowest BCUT2D eigenvalue weighted by molar-refractivity contribution is 0.0724. The summed E-state index contributed by atoms with van der Waals surface area (Å²) in [5.41, 5.74) is 5.86. The first kappa shape index (κ1) is 20.0. The second-order valence-electron chi connectivity index (χ2n) is 8.00. The van der Waals surface area contributed by atoms with Crippen LogP contribution < -0.4 is 11.0 Å². The first-order chi connectivity index (χ1) is 15.7. The van der Waals surface area contributed by atoms with E-state index in [0.29, 0.717) is 28.0 Å². The molecule has 0 radical (unpaired) electrons. The molecule has 0 bridgehead atoms. The molecule has 32 heavy (non-hydrogen) atoms. The Bertz CT molecular complexity index is 1310. The second kappa shape index (κ2) is 8.67. The van der Waals surface area contributed by atoms with Crippen LogP contribution in [0.2, 0.25) is 0 Å². The minimum absolute atomic E-state index is 0.0609. The number of rotatable bonds is 4. The van der Waals surface area contributed by atoms with Gasteiger partial charge >= 0.3 is 0 Å². The summed E-state index contributed by atoms with van der Waals surface area (Å²) >= 11 is 0. The Labute approximate surface area is 186 Å². The lowest BCUT2D eigenvalue weighted by Crippen LogP contribution is -2.35. The van der Waals surface area contributed by atoms with Gasteiger partial charge in [-0.1, -0.05) is 42.5 Å². The van der Waals surface area contributed by atoms with E-state index in [1.807, 2.05) is 65.6 Å². The van der Waals surface area contributed by atoms with Crippen molar-refractivity contribution in [1.82, 2.24) is 14.6 Å². The summed E-state index contributed by atoms with van der Waals surface area (Å²) in [6, 6.07) is 24.2. The summed E-state index contributed by atoms with van der Waals surface area (Å²) in [6.45, 7) is 1.63.